The molecular weight excluding hydrogens is 456 g/mol. The minimum atomic E-state index is -0.209. The molecule has 0 saturated heterocycles. The van der Waals surface area contributed by atoms with E-state index in [4.69, 9.17) is 0 Å². The van der Waals surface area contributed by atoms with Crippen LogP contribution in [0.5, 0.6) is 0 Å². The quantitative estimate of drug-likeness (QED) is 0.239. The molecule has 0 aliphatic rings. The third-order valence-electron chi connectivity index (χ3n) is 4.39. The molecule has 0 unspecified atom stereocenters. The monoisotopic (exact) mass is 493 g/mol. The third-order valence-corrected chi connectivity index (χ3v) is 4.39. The lowest BCUT2D eigenvalue weighted by atomic mass is 10.2. The zero-order valence-corrected chi connectivity index (χ0v) is 20.2. The average molecular weight is 493 g/mol. The fraction of sp³-hybridized carbons (Fsp3) is 0.650. The van der Waals surface area contributed by atoms with Crippen LogP contribution in [0.2, 0.25) is 0 Å². The van der Waals surface area contributed by atoms with Crippen molar-refractivity contribution in [1.29, 1.82) is 0 Å². The largest absolute Gasteiger partial charge is 0.375 e. The predicted molar refractivity (Wildman–Crippen MR) is 126 cm³/mol. The van der Waals surface area contributed by atoms with Crippen molar-refractivity contribution in [2.45, 2.75) is 52.7 Å². The summed E-state index contributed by atoms with van der Waals surface area (Å²) in [6.45, 7) is 11.4. The van der Waals surface area contributed by atoms with Crippen LogP contribution >= 0.6 is 24.0 Å². The Balaban J connectivity index is 0.00000676. The fourth-order valence-corrected chi connectivity index (χ4v) is 3.01. The van der Waals surface area contributed by atoms with E-state index < -0.39 is 0 Å². The minimum absolute atomic E-state index is 0. The summed E-state index contributed by atoms with van der Waals surface area (Å²) in [7, 11) is 5.42. The Kier molecular flexibility index (Phi) is 12.6. The van der Waals surface area contributed by atoms with Gasteiger partial charge in [-0.15, -0.1) is 24.0 Å². The molecule has 1 rings (SSSR count). The van der Waals surface area contributed by atoms with Crippen LogP contribution in [0.15, 0.2) is 23.2 Å². The molecule has 0 aliphatic heterocycles. The zero-order valence-electron chi connectivity index (χ0n) is 17.8. The van der Waals surface area contributed by atoms with Gasteiger partial charge in [-0.2, -0.15) is 0 Å². The van der Waals surface area contributed by atoms with E-state index in [1.54, 1.807) is 24.1 Å². The van der Waals surface area contributed by atoms with Crippen molar-refractivity contribution in [3.63, 3.8) is 0 Å². The van der Waals surface area contributed by atoms with E-state index in [9.17, 15) is 4.39 Å². The Labute approximate surface area is 181 Å². The minimum Gasteiger partial charge on any atom is -0.375 e. The molecule has 1 aromatic carbocycles. The first-order valence-corrected chi connectivity index (χ1v) is 9.42. The van der Waals surface area contributed by atoms with Crippen LogP contribution in [0.25, 0.3) is 0 Å². The highest BCUT2D eigenvalue weighted by atomic mass is 127. The summed E-state index contributed by atoms with van der Waals surface area (Å²) in [4.78, 5) is 8.48. The maximum atomic E-state index is 14.0. The highest BCUT2D eigenvalue weighted by molar-refractivity contribution is 14.0. The molecule has 0 bridgehead atoms. The van der Waals surface area contributed by atoms with Crippen molar-refractivity contribution in [3.05, 3.63) is 29.6 Å². The molecule has 0 atom stereocenters. The number of anilines is 1. The van der Waals surface area contributed by atoms with Crippen molar-refractivity contribution >= 4 is 35.6 Å². The molecule has 5 nitrogen and oxygen atoms in total. The van der Waals surface area contributed by atoms with Crippen LogP contribution in [0.4, 0.5) is 10.1 Å². The molecule has 7 heteroatoms. The molecule has 0 saturated carbocycles. The van der Waals surface area contributed by atoms with Gasteiger partial charge in [0.2, 0.25) is 0 Å². The number of nitrogens with zero attached hydrogens (tertiary/aromatic N) is 3. The van der Waals surface area contributed by atoms with Crippen LogP contribution in [-0.4, -0.2) is 57.2 Å². The molecule has 0 amide bonds. The first-order valence-electron chi connectivity index (χ1n) is 9.42. The topological polar surface area (TPSA) is 42.9 Å². The van der Waals surface area contributed by atoms with E-state index in [0.717, 1.165) is 31.0 Å². The number of guanidine groups is 1. The number of aliphatic imine (C=N–C) groups is 1. The van der Waals surface area contributed by atoms with Crippen LogP contribution < -0.4 is 15.5 Å². The molecule has 1 aromatic rings. The first-order chi connectivity index (χ1) is 12.3. The smallest absolute Gasteiger partial charge is 0.191 e. The number of halogens is 2. The lowest BCUT2D eigenvalue weighted by Gasteiger charge is -2.30. The van der Waals surface area contributed by atoms with Gasteiger partial charge in [0.1, 0.15) is 5.82 Å². The summed E-state index contributed by atoms with van der Waals surface area (Å²) in [6, 6.07) is 6.40. The average Bonchev–Trinajstić information content (AvgIpc) is 2.56. The summed E-state index contributed by atoms with van der Waals surface area (Å²) in [6.07, 6.45) is 1.04. The lowest BCUT2D eigenvalue weighted by Crippen LogP contribution is -2.41. The molecule has 27 heavy (non-hydrogen) atoms. The second-order valence-electron chi connectivity index (χ2n) is 7.31. The Morgan fingerprint density at radius 2 is 1.74 bits per heavy atom. The summed E-state index contributed by atoms with van der Waals surface area (Å²) in [5.41, 5.74) is 1.48. The van der Waals surface area contributed by atoms with E-state index in [0.29, 0.717) is 24.3 Å². The van der Waals surface area contributed by atoms with Crippen molar-refractivity contribution in [3.8, 4) is 0 Å². The fourth-order valence-electron chi connectivity index (χ4n) is 3.01. The number of rotatable bonds is 9. The van der Waals surface area contributed by atoms with Crippen LogP contribution in [-0.2, 0) is 6.54 Å². The predicted octanol–water partition coefficient (Wildman–Crippen LogP) is 3.68. The second-order valence-corrected chi connectivity index (χ2v) is 7.31. The zero-order chi connectivity index (χ0) is 19.7. The van der Waals surface area contributed by atoms with Gasteiger partial charge >= 0.3 is 0 Å². The lowest BCUT2D eigenvalue weighted by molar-refractivity contribution is 0.173. The molecule has 0 heterocycles. The van der Waals surface area contributed by atoms with E-state index in [1.807, 2.05) is 20.2 Å². The van der Waals surface area contributed by atoms with Gasteiger partial charge in [-0.1, -0.05) is 6.07 Å². The van der Waals surface area contributed by atoms with E-state index in [-0.39, 0.29) is 29.8 Å². The first kappa shape index (κ1) is 25.9. The molecule has 2 N–H and O–H groups in total. The second kappa shape index (κ2) is 13.1. The normalized spacial score (nSPS) is 11.7. The SMILES string of the molecule is CN=C(NCCCN(C(C)C)C(C)C)NCc1ccc(N(C)C)c(F)c1.I. The van der Waals surface area contributed by atoms with E-state index in [1.165, 1.54) is 0 Å². The van der Waals surface area contributed by atoms with Gasteiger partial charge in [0.05, 0.1) is 5.69 Å². The van der Waals surface area contributed by atoms with Gasteiger partial charge in [-0.3, -0.25) is 9.89 Å². The number of nitrogens with one attached hydrogen (secondary N) is 2. The highest BCUT2D eigenvalue weighted by Crippen LogP contribution is 2.18. The Hall–Kier alpha value is -1.09. The van der Waals surface area contributed by atoms with Crippen LogP contribution in [0.3, 0.4) is 0 Å². The van der Waals surface area contributed by atoms with Gasteiger partial charge < -0.3 is 15.5 Å². The van der Waals surface area contributed by atoms with E-state index in [2.05, 4.69) is 48.2 Å². The van der Waals surface area contributed by atoms with Crippen LogP contribution in [0, 0.1) is 5.82 Å². The standard InChI is InChI=1S/C20H36FN5.HI/c1-15(2)26(16(3)4)12-8-11-23-20(22-5)24-14-17-9-10-19(25(6)7)18(21)13-17;/h9-10,13,15-16H,8,11-12,14H2,1-7H3,(H2,22,23,24);1H. The summed E-state index contributed by atoms with van der Waals surface area (Å²) < 4.78 is 14.0. The molecule has 0 radical (unpaired) electrons. The summed E-state index contributed by atoms with van der Waals surface area (Å²) >= 11 is 0. The molecular formula is C20H37FIN5. The van der Waals surface area contributed by atoms with Crippen molar-refractivity contribution in [1.82, 2.24) is 15.5 Å². The molecule has 0 aromatic heterocycles. The van der Waals surface area contributed by atoms with Crippen molar-refractivity contribution < 1.29 is 4.39 Å². The maximum absolute atomic E-state index is 14.0. The molecule has 0 aliphatic carbocycles. The highest BCUT2D eigenvalue weighted by Gasteiger charge is 2.12. The Morgan fingerprint density at radius 3 is 2.22 bits per heavy atom. The van der Waals surface area contributed by atoms with Gasteiger partial charge in [-0.25, -0.2) is 4.39 Å². The molecule has 0 fully saturated rings. The van der Waals surface area contributed by atoms with E-state index >= 15 is 0 Å². The summed E-state index contributed by atoms with van der Waals surface area (Å²) in [5.74, 6) is 0.530. The Morgan fingerprint density at radius 1 is 1.11 bits per heavy atom. The number of benzene rings is 1. The third kappa shape index (κ3) is 9.10. The molecule has 0 spiro atoms. The van der Waals surface area contributed by atoms with Crippen molar-refractivity contribution in [2.75, 3.05) is 39.1 Å². The van der Waals surface area contributed by atoms with Crippen LogP contribution in [0.1, 0.15) is 39.7 Å². The van der Waals surface area contributed by atoms with Gasteiger partial charge in [0.25, 0.3) is 0 Å². The van der Waals surface area contributed by atoms with Gasteiger partial charge in [0.15, 0.2) is 5.96 Å². The maximum Gasteiger partial charge on any atom is 0.191 e. The summed E-state index contributed by atoms with van der Waals surface area (Å²) in [5, 5.41) is 6.57. The van der Waals surface area contributed by atoms with Crippen molar-refractivity contribution in [2.24, 2.45) is 4.99 Å². The van der Waals surface area contributed by atoms with Gasteiger partial charge in [-0.05, 0) is 51.8 Å². The Bertz CT molecular complexity index is 567. The number of hydrogen-bond donors (Lipinski definition) is 2. The molecule has 156 valence electrons. The van der Waals surface area contributed by atoms with Gasteiger partial charge in [0, 0.05) is 52.9 Å². The number of hydrogen-bond acceptors (Lipinski definition) is 3.